The first-order chi connectivity index (χ1) is 14.0. The van der Waals surface area contributed by atoms with Gasteiger partial charge in [-0.1, -0.05) is 19.9 Å². The molecule has 0 bridgehead atoms. The van der Waals surface area contributed by atoms with E-state index in [1.807, 2.05) is 6.92 Å². The van der Waals surface area contributed by atoms with Crippen molar-refractivity contribution < 1.29 is 28.2 Å². The molecule has 2 unspecified atom stereocenters. The van der Waals surface area contributed by atoms with Gasteiger partial charge in [0.2, 0.25) is 5.78 Å². The molecule has 4 rings (SSSR count). The van der Waals surface area contributed by atoms with Gasteiger partial charge in [0.15, 0.2) is 5.83 Å². The second kappa shape index (κ2) is 7.25. The number of ketones is 1. The Morgan fingerprint density at radius 2 is 2.00 bits per heavy atom. The van der Waals surface area contributed by atoms with Crippen LogP contribution in [0.3, 0.4) is 0 Å². The number of rotatable bonds is 3. The Labute approximate surface area is 176 Å². The van der Waals surface area contributed by atoms with Gasteiger partial charge in [-0.25, -0.2) is 8.78 Å². The van der Waals surface area contributed by atoms with E-state index >= 15 is 4.39 Å². The van der Waals surface area contributed by atoms with E-state index in [2.05, 4.69) is 6.92 Å². The summed E-state index contributed by atoms with van der Waals surface area (Å²) in [5.41, 5.74) is -0.626. The van der Waals surface area contributed by atoms with Gasteiger partial charge in [0, 0.05) is 16.4 Å². The molecule has 0 aromatic carbocycles. The van der Waals surface area contributed by atoms with Crippen molar-refractivity contribution in [3.05, 3.63) is 23.0 Å². The van der Waals surface area contributed by atoms with Crippen LogP contribution in [0.25, 0.3) is 0 Å². The minimum atomic E-state index is -1.47. The zero-order valence-electron chi connectivity index (χ0n) is 18.2. The third-order valence-corrected chi connectivity index (χ3v) is 8.54. The molecule has 0 aromatic rings. The average Bonchev–Trinajstić information content (AvgIpc) is 2.95. The summed E-state index contributed by atoms with van der Waals surface area (Å²) >= 11 is 0. The molecule has 0 spiro atoms. The number of aliphatic hydroxyl groups is 1. The molecule has 3 fully saturated rings. The fourth-order valence-corrected chi connectivity index (χ4v) is 7.22. The largest absolute Gasteiger partial charge is 0.462 e. The highest BCUT2D eigenvalue weighted by molar-refractivity contribution is 6.08. The number of hydrogen-bond acceptors (Lipinski definition) is 4. The van der Waals surface area contributed by atoms with Crippen LogP contribution in [0.1, 0.15) is 66.2 Å². The van der Waals surface area contributed by atoms with E-state index in [4.69, 9.17) is 4.74 Å². The SMILES string of the molecule is CC1=C[C@@]2(C)C(=C(F)C1=O)[C@@H](F)C[C@@H]1[C@@H]2CC[C@]2(C)C(OC(=O)CC(C)O)CC[C@@H]12. The topological polar surface area (TPSA) is 63.6 Å². The Hall–Kier alpha value is -1.56. The number of hydrogen-bond donors (Lipinski definition) is 1. The van der Waals surface area contributed by atoms with Crippen molar-refractivity contribution in [3.63, 3.8) is 0 Å². The maximum absolute atomic E-state index is 15.3. The summed E-state index contributed by atoms with van der Waals surface area (Å²) in [4.78, 5) is 24.3. The number of carbonyl (C=O) groups excluding carboxylic acids is 2. The monoisotopic (exact) mass is 422 g/mol. The molecule has 4 aliphatic rings. The molecule has 30 heavy (non-hydrogen) atoms. The van der Waals surface area contributed by atoms with E-state index < -0.39 is 35.3 Å². The summed E-state index contributed by atoms with van der Waals surface area (Å²) in [7, 11) is 0. The van der Waals surface area contributed by atoms with Gasteiger partial charge >= 0.3 is 5.97 Å². The molecule has 0 aliphatic heterocycles. The highest BCUT2D eigenvalue weighted by atomic mass is 19.1. The first-order valence-corrected chi connectivity index (χ1v) is 11.1. The molecule has 4 aliphatic carbocycles. The van der Waals surface area contributed by atoms with Crippen molar-refractivity contribution in [3.8, 4) is 0 Å². The van der Waals surface area contributed by atoms with E-state index in [1.165, 1.54) is 0 Å². The van der Waals surface area contributed by atoms with Gasteiger partial charge in [0.25, 0.3) is 0 Å². The second-order valence-electron chi connectivity index (χ2n) is 10.4. The molecule has 166 valence electrons. The third-order valence-electron chi connectivity index (χ3n) is 8.54. The fraction of sp³-hybridized carbons (Fsp3) is 0.750. The van der Waals surface area contributed by atoms with Crippen molar-refractivity contribution in [1.29, 1.82) is 0 Å². The summed E-state index contributed by atoms with van der Waals surface area (Å²) < 4.78 is 35.9. The van der Waals surface area contributed by atoms with Crippen LogP contribution in [0, 0.1) is 28.6 Å². The number of alkyl halides is 1. The van der Waals surface area contributed by atoms with Gasteiger partial charge in [0.1, 0.15) is 12.3 Å². The standard InChI is InChI=1S/C24H32F2O4/c1-12-11-24(4)16-7-8-23(3)15(5-6-18(23)30-19(28)9-13(2)27)14(16)10-17(25)20(24)21(26)22(12)29/h11,13-18,27H,5-10H2,1-4H3/t13?,14-,15-,16-,17-,18?,23-,24+/m0/s1. The lowest BCUT2D eigenvalue weighted by Crippen LogP contribution is -2.53. The van der Waals surface area contributed by atoms with Gasteiger partial charge in [-0.15, -0.1) is 0 Å². The molecule has 6 heteroatoms. The lowest BCUT2D eigenvalue weighted by Gasteiger charge is -2.57. The average molecular weight is 423 g/mol. The summed E-state index contributed by atoms with van der Waals surface area (Å²) in [5.74, 6) is -1.67. The van der Waals surface area contributed by atoms with Crippen LogP contribution in [-0.2, 0) is 14.3 Å². The van der Waals surface area contributed by atoms with Gasteiger partial charge in [-0.05, 0) is 69.3 Å². The molecule has 0 heterocycles. The Kier molecular flexibility index (Phi) is 5.23. The molecular formula is C24H32F2O4. The van der Waals surface area contributed by atoms with Crippen molar-refractivity contribution in [2.24, 2.45) is 28.6 Å². The van der Waals surface area contributed by atoms with Crippen LogP contribution in [0.4, 0.5) is 8.78 Å². The van der Waals surface area contributed by atoms with Crippen molar-refractivity contribution in [1.82, 2.24) is 0 Å². The molecule has 3 saturated carbocycles. The van der Waals surface area contributed by atoms with Crippen LogP contribution in [0.5, 0.6) is 0 Å². The third kappa shape index (κ3) is 3.09. The number of fused-ring (bicyclic) bond motifs is 5. The Morgan fingerprint density at radius 3 is 2.67 bits per heavy atom. The summed E-state index contributed by atoms with van der Waals surface area (Å²) in [6, 6.07) is 0. The van der Waals surface area contributed by atoms with Crippen molar-refractivity contribution in [2.45, 2.75) is 84.6 Å². The highest BCUT2D eigenvalue weighted by Crippen LogP contribution is 2.66. The first-order valence-electron chi connectivity index (χ1n) is 11.1. The molecule has 8 atom stereocenters. The molecule has 0 saturated heterocycles. The predicted molar refractivity (Wildman–Crippen MR) is 108 cm³/mol. The van der Waals surface area contributed by atoms with Crippen LogP contribution >= 0.6 is 0 Å². The number of Topliss-reactive ketones (excluding diaryl/α,β-unsaturated/α-hetero) is 1. The maximum atomic E-state index is 15.3. The summed E-state index contributed by atoms with van der Waals surface area (Å²) in [5, 5.41) is 9.47. The number of ether oxygens (including phenoxy) is 1. The number of allylic oxidation sites excluding steroid dienone is 4. The lowest BCUT2D eigenvalue weighted by atomic mass is 9.47. The van der Waals surface area contributed by atoms with E-state index in [9.17, 15) is 19.1 Å². The minimum absolute atomic E-state index is 0.0283. The summed E-state index contributed by atoms with van der Waals surface area (Å²) in [6.45, 7) is 7.19. The van der Waals surface area contributed by atoms with E-state index in [-0.39, 0.29) is 47.7 Å². The van der Waals surface area contributed by atoms with Crippen LogP contribution in [0.2, 0.25) is 0 Å². The molecule has 4 nitrogen and oxygen atoms in total. The van der Waals surface area contributed by atoms with E-state index in [0.717, 1.165) is 25.7 Å². The number of carbonyl (C=O) groups is 2. The summed E-state index contributed by atoms with van der Waals surface area (Å²) in [6.07, 6.45) is 2.71. The Morgan fingerprint density at radius 1 is 1.30 bits per heavy atom. The van der Waals surface area contributed by atoms with Gasteiger partial charge < -0.3 is 9.84 Å². The Bertz CT molecular complexity index is 831. The zero-order chi connectivity index (χ0) is 22.0. The molecule has 0 amide bonds. The maximum Gasteiger partial charge on any atom is 0.308 e. The van der Waals surface area contributed by atoms with Gasteiger partial charge in [-0.3, -0.25) is 9.59 Å². The molecule has 0 aromatic heterocycles. The molecular weight excluding hydrogens is 390 g/mol. The Balaban J connectivity index is 1.63. The number of aliphatic hydroxyl groups excluding tert-OH is 1. The minimum Gasteiger partial charge on any atom is -0.462 e. The normalized spacial score (nSPS) is 44.0. The highest BCUT2D eigenvalue weighted by Gasteiger charge is 2.62. The lowest BCUT2D eigenvalue weighted by molar-refractivity contribution is -0.161. The quantitative estimate of drug-likeness (QED) is 0.675. The van der Waals surface area contributed by atoms with Gasteiger partial charge in [0.05, 0.1) is 12.5 Å². The predicted octanol–water partition coefficient (Wildman–Crippen LogP) is 4.61. The zero-order valence-corrected chi connectivity index (χ0v) is 18.2. The number of esters is 1. The van der Waals surface area contributed by atoms with Crippen LogP contribution in [0.15, 0.2) is 23.0 Å². The van der Waals surface area contributed by atoms with Crippen molar-refractivity contribution >= 4 is 11.8 Å². The smallest absolute Gasteiger partial charge is 0.308 e. The van der Waals surface area contributed by atoms with Crippen molar-refractivity contribution in [2.75, 3.05) is 0 Å². The second-order valence-corrected chi connectivity index (χ2v) is 10.4. The molecule has 0 radical (unpaired) electrons. The molecule has 1 N–H and O–H groups in total. The van der Waals surface area contributed by atoms with Crippen LogP contribution < -0.4 is 0 Å². The number of halogens is 2. The first kappa shape index (κ1) is 21.7. The van der Waals surface area contributed by atoms with E-state index in [1.54, 1.807) is 19.9 Å². The van der Waals surface area contributed by atoms with E-state index in [0.29, 0.717) is 5.57 Å². The van der Waals surface area contributed by atoms with Crippen LogP contribution in [-0.4, -0.2) is 35.2 Å². The van der Waals surface area contributed by atoms with Gasteiger partial charge in [-0.2, -0.15) is 0 Å². The fourth-order valence-electron chi connectivity index (χ4n) is 7.22.